The van der Waals surface area contributed by atoms with Gasteiger partial charge in [-0.05, 0) is 31.2 Å². The van der Waals surface area contributed by atoms with Crippen molar-refractivity contribution in [3.63, 3.8) is 0 Å². The first-order valence-corrected chi connectivity index (χ1v) is 2.40. The molecule has 0 aliphatic rings. The van der Waals surface area contributed by atoms with Crippen LogP contribution in [0.2, 0.25) is 0 Å². The topological polar surface area (TPSA) is 0 Å². The van der Waals surface area contributed by atoms with Crippen LogP contribution in [0.1, 0.15) is 6.92 Å². The summed E-state index contributed by atoms with van der Waals surface area (Å²) in [6.45, 7) is 1.90. The molecule has 0 aromatic rings. The van der Waals surface area contributed by atoms with Crippen molar-refractivity contribution in [2.24, 2.45) is 0 Å². The van der Waals surface area contributed by atoms with Gasteiger partial charge >= 0.3 is 0 Å². The summed E-state index contributed by atoms with van der Waals surface area (Å²) in [5.74, 6) is 2.36. The largest absolute Gasteiger partial charge is 0.125 e. The van der Waals surface area contributed by atoms with Crippen molar-refractivity contribution in [2.45, 2.75) is 6.92 Å². The van der Waals surface area contributed by atoms with Crippen molar-refractivity contribution in [3.05, 3.63) is 30.0 Å². The lowest BCUT2D eigenvalue weighted by molar-refractivity contribution is 1.76. The highest BCUT2D eigenvalue weighted by atomic mass is 13.6. The van der Waals surface area contributed by atoms with E-state index in [1.807, 2.05) is 13.0 Å². The zero-order valence-corrected chi connectivity index (χ0v) is 4.89. The summed E-state index contributed by atoms with van der Waals surface area (Å²) >= 11 is 0. The van der Waals surface area contributed by atoms with Crippen LogP contribution in [-0.4, -0.2) is 0 Å². The minimum atomic E-state index is 1.62. The monoisotopic (exact) mass is 104 g/mol. The van der Waals surface area contributed by atoms with Crippen LogP contribution in [-0.2, 0) is 0 Å². The molecule has 0 unspecified atom stereocenters. The summed E-state index contributed by atoms with van der Waals surface area (Å²) < 4.78 is 0. The quantitative estimate of drug-likeness (QED) is 0.271. The molecule has 0 N–H and O–H groups in total. The Labute approximate surface area is 50.2 Å². The molecule has 0 heteroatoms. The lowest BCUT2D eigenvalue weighted by Gasteiger charge is -1.60. The lowest BCUT2D eigenvalue weighted by Crippen LogP contribution is -1.42. The third kappa shape index (κ3) is 4.82. The van der Waals surface area contributed by atoms with Gasteiger partial charge in [0.05, 0.1) is 0 Å². The van der Waals surface area contributed by atoms with E-state index in [1.165, 1.54) is 0 Å². The fourth-order valence-corrected chi connectivity index (χ4v) is 0.255. The minimum Gasteiger partial charge on any atom is -0.125 e. The zero-order chi connectivity index (χ0) is 6.24. The Morgan fingerprint density at radius 2 is 2.25 bits per heavy atom. The summed E-state index contributed by atoms with van der Waals surface area (Å²) in [6, 6.07) is 0. The molecule has 0 aromatic carbocycles. The molecule has 0 nitrogen and oxygen atoms in total. The summed E-state index contributed by atoms with van der Waals surface area (Å²) in [6.07, 6.45) is 11.9. The molecule has 0 saturated heterocycles. The van der Waals surface area contributed by atoms with Gasteiger partial charge in [-0.3, -0.25) is 0 Å². The Bertz CT molecular complexity index is 159. The molecule has 0 aromatic heterocycles. The molecule has 8 heavy (non-hydrogen) atoms. The molecule has 40 valence electrons. The molecule has 0 heterocycles. The van der Waals surface area contributed by atoms with E-state index in [0.717, 1.165) is 0 Å². The van der Waals surface area contributed by atoms with Crippen LogP contribution in [0.3, 0.4) is 0 Å². The first-order valence-electron chi connectivity index (χ1n) is 2.40. The maximum Gasteiger partial charge on any atom is -0.0115 e. The van der Waals surface area contributed by atoms with E-state index in [4.69, 9.17) is 6.42 Å². The van der Waals surface area contributed by atoms with Crippen LogP contribution in [0.25, 0.3) is 0 Å². The van der Waals surface area contributed by atoms with Crippen LogP contribution in [0.4, 0.5) is 0 Å². The van der Waals surface area contributed by atoms with Gasteiger partial charge in [0.1, 0.15) is 0 Å². The zero-order valence-electron chi connectivity index (χ0n) is 4.89. The van der Waals surface area contributed by atoms with Gasteiger partial charge in [0, 0.05) is 0 Å². The maximum absolute atomic E-state index is 4.92. The highest BCUT2D eigenvalue weighted by Gasteiger charge is 1.52. The molecule has 0 aliphatic heterocycles. The highest BCUT2D eigenvalue weighted by molar-refractivity contribution is 5.15. The predicted octanol–water partition coefficient (Wildman–Crippen LogP) is 1.91. The molecule has 0 atom stereocenters. The molecule has 0 fully saturated rings. The average molecular weight is 104 g/mol. The normalized spacial score (nSPS) is 7.50. The van der Waals surface area contributed by atoms with Crippen LogP contribution in [0, 0.1) is 12.3 Å². The molecule has 0 radical (unpaired) electrons. The van der Waals surface area contributed by atoms with Crippen LogP contribution in [0.15, 0.2) is 30.0 Å². The van der Waals surface area contributed by atoms with Crippen molar-refractivity contribution in [1.29, 1.82) is 0 Å². The highest BCUT2D eigenvalue weighted by Crippen LogP contribution is 1.70. The van der Waals surface area contributed by atoms with Crippen LogP contribution < -0.4 is 0 Å². The minimum absolute atomic E-state index is 1.62. The Balaban J connectivity index is 3.64. The molecular formula is C8H8. The van der Waals surface area contributed by atoms with Gasteiger partial charge in [-0.25, -0.2) is 0 Å². The van der Waals surface area contributed by atoms with Gasteiger partial charge in [-0.1, -0.05) is 5.92 Å². The molecule has 0 bridgehead atoms. The second-order valence-corrected chi connectivity index (χ2v) is 1.15. The summed E-state index contributed by atoms with van der Waals surface area (Å²) in [7, 11) is 0. The SMILES string of the molecule is C#CC=CC=C=CC. The first-order chi connectivity index (χ1) is 3.91. The van der Waals surface area contributed by atoms with Crippen molar-refractivity contribution in [3.8, 4) is 12.3 Å². The van der Waals surface area contributed by atoms with E-state index >= 15 is 0 Å². The fraction of sp³-hybridized carbons (Fsp3) is 0.125. The first kappa shape index (κ1) is 6.82. The molecule has 0 amide bonds. The third-order valence-electron chi connectivity index (χ3n) is 0.552. The van der Waals surface area contributed by atoms with Gasteiger partial charge in [0.2, 0.25) is 0 Å². The molecule has 0 rings (SSSR count). The van der Waals surface area contributed by atoms with E-state index in [2.05, 4.69) is 11.7 Å². The van der Waals surface area contributed by atoms with Gasteiger partial charge < -0.3 is 0 Å². The van der Waals surface area contributed by atoms with E-state index in [9.17, 15) is 0 Å². The summed E-state index contributed by atoms with van der Waals surface area (Å²) in [5.41, 5.74) is 2.85. The van der Waals surface area contributed by atoms with Crippen molar-refractivity contribution >= 4 is 0 Å². The van der Waals surface area contributed by atoms with Gasteiger partial charge in [-0.2, -0.15) is 0 Å². The van der Waals surface area contributed by atoms with Crippen LogP contribution >= 0.6 is 0 Å². The smallest absolute Gasteiger partial charge is 0.0115 e. The van der Waals surface area contributed by atoms with Crippen molar-refractivity contribution in [1.82, 2.24) is 0 Å². The van der Waals surface area contributed by atoms with E-state index in [-0.39, 0.29) is 0 Å². The van der Waals surface area contributed by atoms with Crippen molar-refractivity contribution in [2.75, 3.05) is 0 Å². The van der Waals surface area contributed by atoms with Gasteiger partial charge in [0.15, 0.2) is 0 Å². The standard InChI is InChI=1S/C8H8/c1-3-5-7-8-6-4-2/h1,4-5,7-8H,2H3. The van der Waals surface area contributed by atoms with Gasteiger partial charge in [0.25, 0.3) is 0 Å². The van der Waals surface area contributed by atoms with E-state index < -0.39 is 0 Å². The number of terminal acetylenes is 1. The molecule has 0 aliphatic carbocycles. The van der Waals surface area contributed by atoms with E-state index in [0.29, 0.717) is 0 Å². The summed E-state index contributed by atoms with van der Waals surface area (Å²) in [4.78, 5) is 0. The third-order valence-corrected chi connectivity index (χ3v) is 0.552. The second-order valence-electron chi connectivity index (χ2n) is 1.15. The second kappa shape index (κ2) is 5.82. The fourth-order valence-electron chi connectivity index (χ4n) is 0.255. The Hall–Kier alpha value is -1.18. The Kier molecular flexibility index (Phi) is 4.96. The number of rotatable bonds is 1. The molecule has 0 saturated carbocycles. The van der Waals surface area contributed by atoms with Crippen LogP contribution in [0.5, 0.6) is 0 Å². The Morgan fingerprint density at radius 1 is 1.50 bits per heavy atom. The average Bonchev–Trinajstić information content (AvgIpc) is 1.81. The number of hydrogen-bond donors (Lipinski definition) is 0. The lowest BCUT2D eigenvalue weighted by atomic mass is 10.5. The maximum atomic E-state index is 4.92. The van der Waals surface area contributed by atoms with E-state index in [1.54, 1.807) is 18.2 Å². The van der Waals surface area contributed by atoms with Crippen molar-refractivity contribution < 1.29 is 0 Å². The van der Waals surface area contributed by atoms with Gasteiger partial charge in [-0.15, -0.1) is 12.2 Å². The predicted molar refractivity (Wildman–Crippen MR) is 36.3 cm³/mol. The molecular weight excluding hydrogens is 96.1 g/mol. The number of hydrogen-bond acceptors (Lipinski definition) is 0. The molecule has 0 spiro atoms. The number of allylic oxidation sites excluding steroid dienone is 3. The summed E-state index contributed by atoms with van der Waals surface area (Å²) in [5, 5.41) is 0. The Morgan fingerprint density at radius 3 is 2.75 bits per heavy atom.